The lowest BCUT2D eigenvalue weighted by Gasteiger charge is -2.05. The van der Waals surface area contributed by atoms with E-state index in [1.165, 1.54) is 6.92 Å². The van der Waals surface area contributed by atoms with Crippen molar-refractivity contribution >= 4 is 28.3 Å². The topological polar surface area (TPSA) is 72.2 Å². The zero-order chi connectivity index (χ0) is 16.4. The highest BCUT2D eigenvalue weighted by atomic mass is 16.3. The molecule has 0 atom stereocenters. The molecule has 3 aromatic rings. The number of hydrogen-bond donors (Lipinski definition) is 1. The lowest BCUT2D eigenvalue weighted by molar-refractivity contribution is -0.115. The van der Waals surface area contributed by atoms with E-state index in [1.807, 2.05) is 37.3 Å². The molecule has 0 unspecified atom stereocenters. The van der Waals surface area contributed by atoms with E-state index in [-0.39, 0.29) is 23.9 Å². The van der Waals surface area contributed by atoms with Crippen molar-refractivity contribution in [3.05, 3.63) is 59.6 Å². The van der Waals surface area contributed by atoms with Crippen LogP contribution in [-0.2, 0) is 11.2 Å². The Morgan fingerprint density at radius 2 is 1.96 bits per heavy atom. The minimum Gasteiger partial charge on any atom is -0.451 e. The summed E-state index contributed by atoms with van der Waals surface area (Å²) in [5.74, 6) is -0.278. The molecular weight excluding hydrogens is 292 g/mol. The summed E-state index contributed by atoms with van der Waals surface area (Å²) in [5, 5.41) is 3.51. The van der Waals surface area contributed by atoms with E-state index in [4.69, 9.17) is 4.42 Å². The van der Waals surface area contributed by atoms with Gasteiger partial charge in [-0.1, -0.05) is 18.2 Å². The van der Waals surface area contributed by atoms with Gasteiger partial charge in [0.1, 0.15) is 5.58 Å². The molecule has 0 bridgehead atoms. The highest BCUT2D eigenvalue weighted by Gasteiger charge is 2.19. The molecule has 0 saturated carbocycles. The number of ketones is 1. The Morgan fingerprint density at radius 1 is 1.17 bits per heavy atom. The number of hydrogen-bond acceptors (Lipinski definition) is 4. The van der Waals surface area contributed by atoms with Gasteiger partial charge in [-0.25, -0.2) is 0 Å². The Morgan fingerprint density at radius 3 is 2.65 bits per heavy atom. The maximum Gasteiger partial charge on any atom is 0.228 e. The zero-order valence-corrected chi connectivity index (χ0v) is 12.9. The summed E-state index contributed by atoms with van der Waals surface area (Å²) >= 11 is 0. The lowest BCUT2D eigenvalue weighted by atomic mass is 10.1. The smallest absolute Gasteiger partial charge is 0.228 e. The summed E-state index contributed by atoms with van der Waals surface area (Å²) in [4.78, 5) is 28.2. The SMILES string of the molecule is CC(=O)c1oc2ccccc2c1NC(=O)Cc1ccc(C)nc1. The molecule has 2 heterocycles. The zero-order valence-electron chi connectivity index (χ0n) is 12.9. The number of nitrogens with one attached hydrogen (secondary N) is 1. The van der Waals surface area contributed by atoms with Crippen LogP contribution in [0.2, 0.25) is 0 Å². The molecule has 0 fully saturated rings. The Labute approximate surface area is 133 Å². The molecule has 5 nitrogen and oxygen atoms in total. The number of Topliss-reactive ketones (excluding diaryl/α,β-unsaturated/α-hetero) is 1. The van der Waals surface area contributed by atoms with Crippen LogP contribution in [0.25, 0.3) is 11.0 Å². The van der Waals surface area contributed by atoms with Crippen molar-refractivity contribution in [3.8, 4) is 0 Å². The third-order valence-electron chi connectivity index (χ3n) is 3.52. The Bertz CT molecular complexity index is 879. The van der Waals surface area contributed by atoms with Crippen LogP contribution in [0, 0.1) is 6.92 Å². The number of aryl methyl sites for hydroxylation is 1. The predicted octanol–water partition coefficient (Wildman–Crippen LogP) is 3.52. The minimum atomic E-state index is -0.228. The molecule has 3 rings (SSSR count). The van der Waals surface area contributed by atoms with E-state index < -0.39 is 0 Å². The number of fused-ring (bicyclic) bond motifs is 1. The van der Waals surface area contributed by atoms with Crippen LogP contribution < -0.4 is 5.32 Å². The van der Waals surface area contributed by atoms with Crippen LogP contribution in [0.15, 0.2) is 47.0 Å². The fourth-order valence-corrected chi connectivity index (χ4v) is 2.39. The van der Waals surface area contributed by atoms with Gasteiger partial charge >= 0.3 is 0 Å². The normalized spacial score (nSPS) is 10.7. The summed E-state index contributed by atoms with van der Waals surface area (Å²) in [7, 11) is 0. The molecule has 1 N–H and O–H groups in total. The molecule has 0 aliphatic heterocycles. The van der Waals surface area contributed by atoms with Gasteiger partial charge in [0, 0.05) is 24.2 Å². The number of amides is 1. The first-order valence-corrected chi connectivity index (χ1v) is 7.28. The average Bonchev–Trinajstić information content (AvgIpc) is 2.89. The fourth-order valence-electron chi connectivity index (χ4n) is 2.39. The van der Waals surface area contributed by atoms with E-state index in [9.17, 15) is 9.59 Å². The van der Waals surface area contributed by atoms with Crippen molar-refractivity contribution in [1.29, 1.82) is 0 Å². The molecule has 1 aromatic carbocycles. The number of carbonyl (C=O) groups is 2. The average molecular weight is 308 g/mol. The van der Waals surface area contributed by atoms with Gasteiger partial charge in [-0.3, -0.25) is 14.6 Å². The van der Waals surface area contributed by atoms with Crippen molar-refractivity contribution in [2.24, 2.45) is 0 Å². The number of benzene rings is 1. The van der Waals surface area contributed by atoms with E-state index in [0.29, 0.717) is 16.7 Å². The van der Waals surface area contributed by atoms with Gasteiger partial charge in [-0.15, -0.1) is 0 Å². The van der Waals surface area contributed by atoms with Gasteiger partial charge in [0.05, 0.1) is 12.1 Å². The van der Waals surface area contributed by atoms with E-state index in [2.05, 4.69) is 10.3 Å². The van der Waals surface area contributed by atoms with Gasteiger partial charge in [0.15, 0.2) is 11.5 Å². The summed E-state index contributed by atoms with van der Waals surface area (Å²) < 4.78 is 5.55. The number of carbonyl (C=O) groups excluding carboxylic acids is 2. The Hall–Kier alpha value is -2.95. The first-order chi connectivity index (χ1) is 11.0. The first-order valence-electron chi connectivity index (χ1n) is 7.28. The Kier molecular flexibility index (Phi) is 3.93. The summed E-state index contributed by atoms with van der Waals surface area (Å²) in [6.07, 6.45) is 1.86. The number of furan rings is 1. The number of anilines is 1. The molecule has 0 aliphatic rings. The number of nitrogens with zero attached hydrogens (tertiary/aromatic N) is 1. The summed E-state index contributed by atoms with van der Waals surface area (Å²) in [5.41, 5.74) is 2.71. The van der Waals surface area contributed by atoms with Crippen molar-refractivity contribution in [2.45, 2.75) is 20.3 Å². The Balaban J connectivity index is 1.88. The molecule has 23 heavy (non-hydrogen) atoms. The predicted molar refractivity (Wildman–Crippen MR) is 87.5 cm³/mol. The van der Waals surface area contributed by atoms with Crippen molar-refractivity contribution in [3.63, 3.8) is 0 Å². The number of aromatic nitrogens is 1. The van der Waals surface area contributed by atoms with Gasteiger partial charge in [-0.05, 0) is 30.7 Å². The molecule has 0 aliphatic carbocycles. The highest BCUT2D eigenvalue weighted by molar-refractivity contribution is 6.11. The van der Waals surface area contributed by atoms with E-state index in [0.717, 1.165) is 11.3 Å². The third-order valence-corrected chi connectivity index (χ3v) is 3.52. The van der Waals surface area contributed by atoms with Crippen LogP contribution in [0.3, 0.4) is 0 Å². The maximum atomic E-state index is 12.3. The van der Waals surface area contributed by atoms with E-state index in [1.54, 1.807) is 12.3 Å². The molecular formula is C18H16N2O3. The quantitative estimate of drug-likeness (QED) is 0.748. The highest BCUT2D eigenvalue weighted by Crippen LogP contribution is 2.31. The first kappa shape index (κ1) is 15.0. The van der Waals surface area contributed by atoms with E-state index >= 15 is 0 Å². The molecule has 0 saturated heterocycles. The summed E-state index contributed by atoms with van der Waals surface area (Å²) in [6, 6.07) is 11.0. The lowest BCUT2D eigenvalue weighted by Crippen LogP contribution is -2.15. The van der Waals surface area contributed by atoms with Crippen LogP contribution in [0.1, 0.15) is 28.7 Å². The van der Waals surface area contributed by atoms with Crippen LogP contribution in [-0.4, -0.2) is 16.7 Å². The molecule has 5 heteroatoms. The number of para-hydroxylation sites is 1. The minimum absolute atomic E-state index is 0.168. The van der Waals surface area contributed by atoms with Crippen LogP contribution >= 0.6 is 0 Å². The largest absolute Gasteiger partial charge is 0.451 e. The number of rotatable bonds is 4. The third kappa shape index (κ3) is 3.13. The molecule has 0 radical (unpaired) electrons. The standard InChI is InChI=1S/C18H16N2O3/c1-11-7-8-13(10-19-11)9-16(22)20-17-14-5-3-4-6-15(14)23-18(17)12(2)21/h3-8,10H,9H2,1-2H3,(H,20,22). The molecule has 1 amide bonds. The van der Waals surface area contributed by atoms with Gasteiger partial charge in [0.25, 0.3) is 0 Å². The van der Waals surface area contributed by atoms with Crippen LogP contribution in [0.4, 0.5) is 5.69 Å². The number of pyridine rings is 1. The maximum absolute atomic E-state index is 12.3. The van der Waals surface area contributed by atoms with Crippen molar-refractivity contribution in [1.82, 2.24) is 4.98 Å². The fraction of sp³-hybridized carbons (Fsp3) is 0.167. The molecule has 116 valence electrons. The second kappa shape index (κ2) is 6.04. The summed E-state index contributed by atoms with van der Waals surface area (Å²) in [6.45, 7) is 3.30. The van der Waals surface area contributed by atoms with Crippen molar-refractivity contribution in [2.75, 3.05) is 5.32 Å². The second-order valence-electron chi connectivity index (χ2n) is 5.39. The molecule has 2 aromatic heterocycles. The monoisotopic (exact) mass is 308 g/mol. The molecule has 0 spiro atoms. The second-order valence-corrected chi connectivity index (χ2v) is 5.39. The van der Waals surface area contributed by atoms with Gasteiger partial charge in [0.2, 0.25) is 5.91 Å². The van der Waals surface area contributed by atoms with Gasteiger partial charge < -0.3 is 9.73 Å². The van der Waals surface area contributed by atoms with Crippen molar-refractivity contribution < 1.29 is 14.0 Å². The van der Waals surface area contributed by atoms with Crippen LogP contribution in [0.5, 0.6) is 0 Å². The van der Waals surface area contributed by atoms with Gasteiger partial charge in [-0.2, -0.15) is 0 Å².